The van der Waals surface area contributed by atoms with Crippen LogP contribution in [0, 0.1) is 5.41 Å². The van der Waals surface area contributed by atoms with E-state index in [2.05, 4.69) is 15.2 Å². The second kappa shape index (κ2) is 7.08. The summed E-state index contributed by atoms with van der Waals surface area (Å²) in [6.07, 6.45) is 12.1. The number of nitrogens with one attached hydrogen (secondary N) is 1. The highest BCUT2D eigenvalue weighted by molar-refractivity contribution is 5.36. The van der Waals surface area contributed by atoms with Gasteiger partial charge in [0.25, 0.3) is 5.56 Å². The van der Waals surface area contributed by atoms with Gasteiger partial charge in [0.1, 0.15) is 0 Å². The third-order valence-electron chi connectivity index (χ3n) is 6.44. The summed E-state index contributed by atoms with van der Waals surface area (Å²) < 4.78 is 7.46. The number of nitrogens with zero attached hydrogens (tertiary/aromatic N) is 3. The summed E-state index contributed by atoms with van der Waals surface area (Å²) in [7, 11) is 1.79. The van der Waals surface area contributed by atoms with Gasteiger partial charge in [-0.05, 0) is 32.1 Å². The van der Waals surface area contributed by atoms with Crippen molar-refractivity contribution in [3.05, 3.63) is 22.7 Å². The minimum Gasteiger partial charge on any atom is -0.381 e. The predicted molar refractivity (Wildman–Crippen MR) is 98.0 cm³/mol. The average Bonchev–Trinajstić information content (AvgIpc) is 3.09. The Labute approximate surface area is 149 Å². The summed E-state index contributed by atoms with van der Waals surface area (Å²) in [5.41, 5.74) is 0.350. The highest BCUT2D eigenvalue weighted by Gasteiger charge is 2.44. The van der Waals surface area contributed by atoms with Crippen LogP contribution < -0.4 is 15.8 Å². The molecule has 2 unspecified atom stereocenters. The first-order chi connectivity index (χ1) is 12.2. The number of rotatable bonds is 3. The molecular weight excluding hydrogens is 316 g/mol. The first-order valence-corrected chi connectivity index (χ1v) is 9.78. The molecule has 1 saturated carbocycles. The molecule has 2 atom stereocenters. The maximum Gasteiger partial charge on any atom is 0.293 e. The Morgan fingerprint density at radius 1 is 1.28 bits per heavy atom. The van der Waals surface area contributed by atoms with Gasteiger partial charge in [0.2, 0.25) is 0 Å². The molecule has 25 heavy (non-hydrogen) atoms. The number of ether oxygens (including phenoxy) is 1. The number of hydrogen-bond donors (Lipinski definition) is 1. The molecule has 3 heterocycles. The van der Waals surface area contributed by atoms with Crippen molar-refractivity contribution in [1.29, 1.82) is 0 Å². The predicted octanol–water partition coefficient (Wildman–Crippen LogP) is 1.69. The Hall–Kier alpha value is -1.40. The van der Waals surface area contributed by atoms with Crippen LogP contribution in [0.25, 0.3) is 0 Å². The van der Waals surface area contributed by atoms with Crippen molar-refractivity contribution in [3.63, 3.8) is 0 Å². The lowest BCUT2D eigenvalue weighted by molar-refractivity contribution is -0.0333. The van der Waals surface area contributed by atoms with E-state index < -0.39 is 0 Å². The molecule has 3 fully saturated rings. The molecule has 0 radical (unpaired) electrons. The van der Waals surface area contributed by atoms with Gasteiger partial charge in [0, 0.05) is 56.6 Å². The van der Waals surface area contributed by atoms with Crippen molar-refractivity contribution in [2.24, 2.45) is 12.5 Å². The third-order valence-corrected chi connectivity index (χ3v) is 6.44. The monoisotopic (exact) mass is 346 g/mol. The number of piperidine rings is 1. The van der Waals surface area contributed by atoms with Gasteiger partial charge in [-0.15, -0.1) is 0 Å². The van der Waals surface area contributed by atoms with Crippen molar-refractivity contribution in [3.8, 4) is 0 Å². The molecule has 0 amide bonds. The number of anilines is 1. The summed E-state index contributed by atoms with van der Waals surface area (Å²) in [4.78, 5) is 18.9. The summed E-state index contributed by atoms with van der Waals surface area (Å²) in [5.74, 6) is 0.596. The van der Waals surface area contributed by atoms with E-state index in [1.807, 2.05) is 0 Å². The minimum absolute atomic E-state index is 0.00137. The van der Waals surface area contributed by atoms with Crippen LogP contribution in [0.3, 0.4) is 0 Å². The second-order valence-corrected chi connectivity index (χ2v) is 8.08. The van der Waals surface area contributed by atoms with E-state index >= 15 is 0 Å². The molecule has 138 valence electrons. The maximum absolute atomic E-state index is 12.4. The summed E-state index contributed by atoms with van der Waals surface area (Å²) in [5, 5.41) is 3.97. The third kappa shape index (κ3) is 3.34. The first-order valence-electron chi connectivity index (χ1n) is 9.78. The Morgan fingerprint density at radius 2 is 2.12 bits per heavy atom. The molecular formula is C19H30N4O2. The molecule has 1 aromatic heterocycles. The average molecular weight is 346 g/mol. The topological polar surface area (TPSA) is 59.4 Å². The van der Waals surface area contributed by atoms with Crippen LogP contribution in [0.1, 0.15) is 44.9 Å². The van der Waals surface area contributed by atoms with Crippen molar-refractivity contribution in [1.82, 2.24) is 14.9 Å². The molecule has 6 nitrogen and oxygen atoms in total. The fourth-order valence-electron chi connectivity index (χ4n) is 5.01. The van der Waals surface area contributed by atoms with Gasteiger partial charge < -0.3 is 19.5 Å². The van der Waals surface area contributed by atoms with Crippen LogP contribution in [-0.2, 0) is 11.8 Å². The van der Waals surface area contributed by atoms with Crippen LogP contribution in [0.4, 0.5) is 5.82 Å². The minimum atomic E-state index is 0.00137. The molecule has 4 rings (SSSR count). The van der Waals surface area contributed by atoms with Crippen molar-refractivity contribution in [2.45, 2.75) is 57.0 Å². The lowest BCUT2D eigenvalue weighted by Gasteiger charge is -2.45. The number of aromatic nitrogens is 2. The quantitative estimate of drug-likeness (QED) is 0.902. The van der Waals surface area contributed by atoms with Crippen molar-refractivity contribution < 1.29 is 4.74 Å². The molecule has 6 heteroatoms. The fourth-order valence-corrected chi connectivity index (χ4v) is 5.01. The summed E-state index contributed by atoms with van der Waals surface area (Å²) in [6, 6.07) is 0.987. The van der Waals surface area contributed by atoms with Crippen LogP contribution in [0.15, 0.2) is 17.2 Å². The number of aryl methyl sites for hydroxylation is 1. The van der Waals surface area contributed by atoms with Crippen LogP contribution in [0.5, 0.6) is 0 Å². The zero-order valence-corrected chi connectivity index (χ0v) is 15.2. The normalized spacial score (nSPS) is 29.2. The van der Waals surface area contributed by atoms with Crippen LogP contribution in [-0.4, -0.2) is 47.9 Å². The smallest absolute Gasteiger partial charge is 0.293 e. The lowest BCUT2D eigenvalue weighted by atomic mass is 9.76. The van der Waals surface area contributed by atoms with E-state index in [4.69, 9.17) is 4.74 Å². The van der Waals surface area contributed by atoms with Crippen LogP contribution >= 0.6 is 0 Å². The van der Waals surface area contributed by atoms with E-state index in [0.717, 1.165) is 39.1 Å². The standard InChI is InChI=1S/C19H30N4O2/c1-22-11-9-20-17(18(22)24)23-10-4-5-15(13-23)21-16-6-12-25-14-19(16)7-2-3-8-19/h9,11,15-16,21H,2-8,10,12-14H2,1H3. The highest BCUT2D eigenvalue weighted by atomic mass is 16.5. The number of hydrogen-bond acceptors (Lipinski definition) is 5. The van der Waals surface area contributed by atoms with Gasteiger partial charge in [-0.25, -0.2) is 4.98 Å². The van der Waals surface area contributed by atoms with E-state index in [1.54, 1.807) is 24.0 Å². The Kier molecular flexibility index (Phi) is 4.82. The van der Waals surface area contributed by atoms with E-state index in [0.29, 0.717) is 23.3 Å². The van der Waals surface area contributed by atoms with E-state index in [9.17, 15) is 4.79 Å². The summed E-state index contributed by atoms with van der Waals surface area (Å²) >= 11 is 0. The molecule has 1 spiro atoms. The molecule has 0 bridgehead atoms. The molecule has 2 aliphatic heterocycles. The Balaban J connectivity index is 1.46. The Bertz CT molecular complexity index is 653. The largest absolute Gasteiger partial charge is 0.381 e. The van der Waals surface area contributed by atoms with E-state index in [1.165, 1.54) is 32.1 Å². The van der Waals surface area contributed by atoms with Gasteiger partial charge in [0.05, 0.1) is 6.61 Å². The first kappa shape index (κ1) is 17.0. The highest BCUT2D eigenvalue weighted by Crippen LogP contribution is 2.44. The molecule has 1 aromatic rings. The van der Waals surface area contributed by atoms with Gasteiger partial charge in [-0.1, -0.05) is 12.8 Å². The maximum atomic E-state index is 12.4. The molecule has 1 aliphatic carbocycles. The molecule has 3 aliphatic rings. The van der Waals surface area contributed by atoms with Crippen LogP contribution in [0.2, 0.25) is 0 Å². The van der Waals surface area contributed by atoms with Gasteiger partial charge in [-0.3, -0.25) is 4.79 Å². The molecule has 0 aromatic carbocycles. The molecule has 1 N–H and O–H groups in total. The van der Waals surface area contributed by atoms with Gasteiger partial charge in [-0.2, -0.15) is 0 Å². The van der Waals surface area contributed by atoms with Gasteiger partial charge >= 0.3 is 0 Å². The SMILES string of the molecule is Cn1ccnc(N2CCCC(NC3CCOCC34CCCC4)C2)c1=O. The molecule has 2 saturated heterocycles. The van der Waals surface area contributed by atoms with Gasteiger partial charge in [0.15, 0.2) is 5.82 Å². The Morgan fingerprint density at radius 3 is 2.96 bits per heavy atom. The second-order valence-electron chi connectivity index (χ2n) is 8.08. The zero-order valence-electron chi connectivity index (χ0n) is 15.2. The zero-order chi connectivity index (χ0) is 17.3. The van der Waals surface area contributed by atoms with E-state index in [-0.39, 0.29) is 5.56 Å². The van der Waals surface area contributed by atoms with Crippen molar-refractivity contribution >= 4 is 5.82 Å². The lowest BCUT2D eigenvalue weighted by Crippen LogP contribution is -2.57. The fraction of sp³-hybridized carbons (Fsp3) is 0.789. The summed E-state index contributed by atoms with van der Waals surface area (Å²) in [6.45, 7) is 3.58. The van der Waals surface area contributed by atoms with Crippen molar-refractivity contribution in [2.75, 3.05) is 31.2 Å².